The minimum atomic E-state index is -0.0438. The quantitative estimate of drug-likeness (QED) is 0.784. The predicted octanol–water partition coefficient (Wildman–Crippen LogP) is 3.92. The van der Waals surface area contributed by atoms with E-state index in [-0.39, 0.29) is 12.1 Å². The van der Waals surface area contributed by atoms with Crippen LogP contribution in [0.5, 0.6) is 6.01 Å². The number of nitrogens with zero attached hydrogens (tertiary/aromatic N) is 5. The van der Waals surface area contributed by atoms with Crippen molar-refractivity contribution in [3.63, 3.8) is 0 Å². The first-order valence-corrected chi connectivity index (χ1v) is 7.99. The van der Waals surface area contributed by atoms with Crippen molar-refractivity contribution in [1.29, 1.82) is 0 Å². The lowest BCUT2D eigenvalue weighted by Crippen LogP contribution is -2.07. The fourth-order valence-corrected chi connectivity index (χ4v) is 3.07. The molecule has 0 saturated heterocycles. The fraction of sp³-hybridized carbons (Fsp3) is 0.375. The lowest BCUT2D eigenvalue weighted by molar-refractivity contribution is 0.362. The molecule has 0 atom stereocenters. The third-order valence-corrected chi connectivity index (χ3v) is 4.31. The number of hydrogen-bond donors (Lipinski definition) is 1. The van der Waals surface area contributed by atoms with Crippen molar-refractivity contribution >= 4 is 22.8 Å². The van der Waals surface area contributed by atoms with Crippen molar-refractivity contribution in [3.05, 3.63) is 29.4 Å². The highest BCUT2D eigenvalue weighted by atomic mass is 35.5. The van der Waals surface area contributed by atoms with Crippen LogP contribution in [-0.2, 0) is 0 Å². The van der Waals surface area contributed by atoms with Gasteiger partial charge in [-0.05, 0) is 19.8 Å². The number of aromatic hydroxyl groups is 1. The van der Waals surface area contributed by atoms with Gasteiger partial charge in [-0.1, -0.05) is 25.4 Å². The molecule has 3 heterocycles. The van der Waals surface area contributed by atoms with Crippen LogP contribution in [0.25, 0.3) is 22.3 Å². The van der Waals surface area contributed by atoms with Gasteiger partial charge in [0.05, 0.1) is 5.02 Å². The van der Waals surface area contributed by atoms with Crippen LogP contribution in [0.1, 0.15) is 38.6 Å². The first kappa shape index (κ1) is 15.7. The van der Waals surface area contributed by atoms with Crippen molar-refractivity contribution in [3.8, 4) is 17.1 Å². The lowest BCUT2D eigenvalue weighted by Gasteiger charge is -2.18. The molecule has 7 heteroatoms. The zero-order valence-corrected chi connectivity index (χ0v) is 14.0. The highest BCUT2D eigenvalue weighted by Crippen LogP contribution is 2.38. The topological polar surface area (TPSA) is 76.7 Å². The van der Waals surface area contributed by atoms with Crippen LogP contribution in [0.15, 0.2) is 18.6 Å². The van der Waals surface area contributed by atoms with Gasteiger partial charge >= 0.3 is 0 Å². The maximum absolute atomic E-state index is 10.3. The number of hydrogen-bond acceptors (Lipinski definition) is 5. The second-order valence-corrected chi connectivity index (χ2v) is 5.83. The fourth-order valence-electron chi connectivity index (χ4n) is 2.82. The molecule has 0 unspecified atom stereocenters. The van der Waals surface area contributed by atoms with E-state index in [0.717, 1.165) is 29.5 Å². The summed E-state index contributed by atoms with van der Waals surface area (Å²) in [5, 5.41) is 10.8. The van der Waals surface area contributed by atoms with Crippen molar-refractivity contribution in [1.82, 2.24) is 24.5 Å². The summed E-state index contributed by atoms with van der Waals surface area (Å²) in [5.41, 5.74) is 2.71. The second-order valence-electron chi connectivity index (χ2n) is 5.42. The first-order valence-electron chi connectivity index (χ1n) is 7.61. The van der Waals surface area contributed by atoms with Gasteiger partial charge in [0.25, 0.3) is 6.01 Å². The molecule has 0 radical (unpaired) electrons. The third-order valence-electron chi connectivity index (χ3n) is 4.03. The Hall–Kier alpha value is -2.21. The number of imidazole rings is 1. The van der Waals surface area contributed by atoms with Crippen LogP contribution < -0.4 is 0 Å². The molecule has 0 spiro atoms. The number of halogens is 1. The van der Waals surface area contributed by atoms with Gasteiger partial charge in [0.2, 0.25) is 0 Å². The highest BCUT2D eigenvalue weighted by Gasteiger charge is 2.22. The number of pyridine rings is 1. The Morgan fingerprint density at radius 3 is 2.39 bits per heavy atom. The summed E-state index contributed by atoms with van der Waals surface area (Å²) in [6.07, 6.45) is 6.73. The Bertz CT molecular complexity index is 840. The molecule has 120 valence electrons. The van der Waals surface area contributed by atoms with Crippen LogP contribution in [0.3, 0.4) is 0 Å². The molecule has 6 nitrogen and oxygen atoms in total. The summed E-state index contributed by atoms with van der Waals surface area (Å²) >= 11 is 6.41. The Kier molecular flexibility index (Phi) is 4.17. The van der Waals surface area contributed by atoms with E-state index in [9.17, 15) is 5.11 Å². The summed E-state index contributed by atoms with van der Waals surface area (Å²) < 4.78 is 1.81. The van der Waals surface area contributed by atoms with E-state index in [0.29, 0.717) is 16.5 Å². The Balaban J connectivity index is 2.36. The lowest BCUT2D eigenvalue weighted by atomic mass is 10.1. The van der Waals surface area contributed by atoms with E-state index in [1.54, 1.807) is 18.6 Å². The van der Waals surface area contributed by atoms with Gasteiger partial charge in [-0.15, -0.1) is 0 Å². The minimum absolute atomic E-state index is 0.0438. The van der Waals surface area contributed by atoms with E-state index >= 15 is 0 Å². The van der Waals surface area contributed by atoms with E-state index in [4.69, 9.17) is 11.6 Å². The molecular weight excluding hydrogens is 314 g/mol. The van der Waals surface area contributed by atoms with Gasteiger partial charge in [-0.25, -0.2) is 15.0 Å². The number of aromatic nitrogens is 5. The molecule has 3 aromatic heterocycles. The monoisotopic (exact) mass is 331 g/mol. The van der Waals surface area contributed by atoms with E-state index in [1.807, 2.05) is 11.5 Å². The number of aryl methyl sites for hydroxylation is 1. The Morgan fingerprint density at radius 1 is 1.13 bits per heavy atom. The van der Waals surface area contributed by atoms with Crippen LogP contribution in [0.2, 0.25) is 5.02 Å². The summed E-state index contributed by atoms with van der Waals surface area (Å²) in [4.78, 5) is 16.9. The maximum Gasteiger partial charge on any atom is 0.296 e. The molecule has 0 aliphatic carbocycles. The van der Waals surface area contributed by atoms with Crippen LogP contribution in [0, 0.1) is 6.92 Å². The summed E-state index contributed by atoms with van der Waals surface area (Å²) in [6, 6.07) is 0.0723. The molecule has 1 N–H and O–H groups in total. The average Bonchev–Trinajstić information content (AvgIpc) is 2.87. The second kappa shape index (κ2) is 6.12. The molecule has 0 aliphatic heterocycles. The van der Waals surface area contributed by atoms with E-state index < -0.39 is 0 Å². The summed E-state index contributed by atoms with van der Waals surface area (Å²) in [5.74, 6) is 0.687. The number of fused-ring (bicyclic) bond motifs is 1. The molecule has 23 heavy (non-hydrogen) atoms. The van der Waals surface area contributed by atoms with Crippen LogP contribution in [0.4, 0.5) is 0 Å². The van der Waals surface area contributed by atoms with Crippen molar-refractivity contribution < 1.29 is 5.11 Å². The molecule has 0 saturated carbocycles. The van der Waals surface area contributed by atoms with Crippen molar-refractivity contribution in [2.24, 2.45) is 0 Å². The van der Waals surface area contributed by atoms with Gasteiger partial charge in [-0.3, -0.25) is 4.57 Å². The molecule has 3 rings (SSSR count). The zero-order valence-electron chi connectivity index (χ0n) is 13.3. The summed E-state index contributed by atoms with van der Waals surface area (Å²) in [7, 11) is 0. The van der Waals surface area contributed by atoms with Gasteiger partial charge in [0.1, 0.15) is 11.3 Å². The third kappa shape index (κ3) is 2.63. The number of rotatable bonds is 4. The predicted molar refractivity (Wildman–Crippen MR) is 89.6 cm³/mol. The molecular formula is C16H18ClN5O. The average molecular weight is 332 g/mol. The minimum Gasteiger partial charge on any atom is -0.480 e. The molecule has 0 fully saturated rings. The molecule has 0 aliphatic rings. The molecule has 0 bridgehead atoms. The normalized spacial score (nSPS) is 11.5. The van der Waals surface area contributed by atoms with E-state index in [2.05, 4.69) is 33.8 Å². The maximum atomic E-state index is 10.3. The smallest absolute Gasteiger partial charge is 0.296 e. The molecule has 0 amide bonds. The van der Waals surface area contributed by atoms with Gasteiger partial charge in [0.15, 0.2) is 5.65 Å². The highest BCUT2D eigenvalue weighted by molar-refractivity contribution is 6.34. The van der Waals surface area contributed by atoms with Crippen LogP contribution >= 0.6 is 11.6 Å². The van der Waals surface area contributed by atoms with Gasteiger partial charge < -0.3 is 5.11 Å². The van der Waals surface area contributed by atoms with Gasteiger partial charge in [-0.2, -0.15) is 4.98 Å². The Labute approximate surface area is 139 Å². The van der Waals surface area contributed by atoms with Gasteiger partial charge in [0, 0.05) is 35.8 Å². The standard InChI is InChI=1S/C16H18ClN5O/c1-4-11(5-2)22-14-13(10-6-18-9(3)19-7-10)12(17)8-20-15(14)21-16(22)23/h6-8,11H,4-5H2,1-3H3,(H,20,21,23). The SMILES string of the molecule is CCC(CC)n1c(O)nc2ncc(Cl)c(-c3cnc(C)nc3)c21. The Morgan fingerprint density at radius 2 is 1.78 bits per heavy atom. The van der Waals surface area contributed by atoms with Crippen LogP contribution in [-0.4, -0.2) is 29.6 Å². The zero-order chi connectivity index (χ0) is 16.6. The van der Waals surface area contributed by atoms with E-state index in [1.165, 1.54) is 0 Å². The molecule has 3 aromatic rings. The van der Waals surface area contributed by atoms with Crippen molar-refractivity contribution in [2.45, 2.75) is 39.7 Å². The van der Waals surface area contributed by atoms with Crippen molar-refractivity contribution in [2.75, 3.05) is 0 Å². The largest absolute Gasteiger partial charge is 0.480 e. The first-order chi connectivity index (χ1) is 11.1. The summed E-state index contributed by atoms with van der Waals surface area (Å²) in [6.45, 7) is 5.98. The molecule has 0 aromatic carbocycles.